The van der Waals surface area contributed by atoms with Gasteiger partial charge in [-0.25, -0.2) is 4.79 Å². The van der Waals surface area contributed by atoms with Gasteiger partial charge in [-0.3, -0.25) is 10.1 Å². The van der Waals surface area contributed by atoms with Crippen LogP contribution in [0.2, 0.25) is 0 Å². The Morgan fingerprint density at radius 1 is 1.27 bits per heavy atom. The number of carbonyl (C=O) groups is 2. The van der Waals surface area contributed by atoms with E-state index in [-0.39, 0.29) is 5.57 Å². The van der Waals surface area contributed by atoms with E-state index in [9.17, 15) is 9.59 Å². The third-order valence-corrected chi connectivity index (χ3v) is 2.48. The van der Waals surface area contributed by atoms with Crippen LogP contribution in [0.3, 0.4) is 0 Å². The van der Waals surface area contributed by atoms with Gasteiger partial charge in [-0.15, -0.1) is 0 Å². The number of hydrogen-bond acceptors (Lipinski definition) is 5. The van der Waals surface area contributed by atoms with E-state index in [1.807, 2.05) is 19.2 Å². The number of urea groups is 1. The van der Waals surface area contributed by atoms with E-state index in [0.29, 0.717) is 30.3 Å². The normalized spacial score (nSPS) is 10.5. The van der Waals surface area contributed by atoms with Gasteiger partial charge in [0, 0.05) is 0 Å². The number of ether oxygens (including phenoxy) is 2. The second kappa shape index (κ2) is 8.32. The third-order valence-electron chi connectivity index (χ3n) is 2.48. The highest BCUT2D eigenvalue weighted by molar-refractivity contribution is 6.08. The molecule has 3 N–H and O–H groups in total. The highest BCUT2D eigenvalue weighted by Crippen LogP contribution is 2.29. The van der Waals surface area contributed by atoms with Crippen LogP contribution in [-0.2, 0) is 4.79 Å². The molecule has 0 saturated carbocycles. The fraction of sp³-hybridized carbons (Fsp3) is 0.267. The van der Waals surface area contributed by atoms with Gasteiger partial charge in [0.1, 0.15) is 11.6 Å². The molecule has 7 nitrogen and oxygen atoms in total. The number of nitrogens with two attached hydrogens (primary N) is 1. The lowest BCUT2D eigenvalue weighted by atomic mass is 10.1. The number of hydrogen-bond donors (Lipinski definition) is 2. The molecule has 1 rings (SSSR count). The molecule has 0 aliphatic rings. The molecule has 22 heavy (non-hydrogen) atoms. The Morgan fingerprint density at radius 2 is 1.91 bits per heavy atom. The average Bonchev–Trinajstić information content (AvgIpc) is 2.46. The number of nitrogens with zero attached hydrogens (tertiary/aromatic N) is 1. The molecule has 0 aliphatic carbocycles. The van der Waals surface area contributed by atoms with E-state index >= 15 is 0 Å². The zero-order valence-electron chi connectivity index (χ0n) is 12.4. The summed E-state index contributed by atoms with van der Waals surface area (Å²) in [5, 5.41) is 10.8. The summed E-state index contributed by atoms with van der Waals surface area (Å²) in [5.41, 5.74) is 5.17. The Morgan fingerprint density at radius 3 is 2.45 bits per heavy atom. The molecule has 1 aromatic carbocycles. The number of imide groups is 1. The van der Waals surface area contributed by atoms with Crippen molar-refractivity contribution < 1.29 is 19.1 Å². The molecule has 7 heteroatoms. The number of carbonyl (C=O) groups excluding carboxylic acids is 2. The first-order valence-corrected chi connectivity index (χ1v) is 6.64. The molecule has 0 spiro atoms. The van der Waals surface area contributed by atoms with E-state index in [4.69, 9.17) is 20.5 Å². The van der Waals surface area contributed by atoms with Gasteiger partial charge in [0.2, 0.25) is 0 Å². The van der Waals surface area contributed by atoms with Crippen molar-refractivity contribution in [1.82, 2.24) is 5.32 Å². The van der Waals surface area contributed by atoms with Gasteiger partial charge in [-0.05, 0) is 37.6 Å². The lowest BCUT2D eigenvalue weighted by molar-refractivity contribution is -0.115. The summed E-state index contributed by atoms with van der Waals surface area (Å²) in [6.07, 6.45) is 1.33. The lowest BCUT2D eigenvalue weighted by Crippen LogP contribution is -2.35. The van der Waals surface area contributed by atoms with Crippen molar-refractivity contribution in [3.05, 3.63) is 29.3 Å². The molecule has 1 aromatic rings. The topological polar surface area (TPSA) is 114 Å². The van der Waals surface area contributed by atoms with Crippen LogP contribution < -0.4 is 20.5 Å². The number of rotatable bonds is 6. The third kappa shape index (κ3) is 4.83. The maximum Gasteiger partial charge on any atom is 0.319 e. The number of benzene rings is 1. The zero-order valence-corrected chi connectivity index (χ0v) is 12.4. The van der Waals surface area contributed by atoms with Gasteiger partial charge in [-0.2, -0.15) is 5.26 Å². The minimum atomic E-state index is -1.02. The van der Waals surface area contributed by atoms with Crippen molar-refractivity contribution in [3.63, 3.8) is 0 Å². The number of amides is 3. The van der Waals surface area contributed by atoms with Crippen molar-refractivity contribution in [2.45, 2.75) is 13.8 Å². The second-order valence-corrected chi connectivity index (χ2v) is 4.06. The highest BCUT2D eigenvalue weighted by atomic mass is 16.5. The van der Waals surface area contributed by atoms with Gasteiger partial charge in [0.05, 0.1) is 13.2 Å². The van der Waals surface area contributed by atoms with Crippen LogP contribution in [0, 0.1) is 11.3 Å². The van der Waals surface area contributed by atoms with Crippen molar-refractivity contribution in [2.75, 3.05) is 13.2 Å². The van der Waals surface area contributed by atoms with Crippen LogP contribution in [0.1, 0.15) is 19.4 Å². The SMILES string of the molecule is CCOc1ccc(/C=C(/C#N)C(=O)NC(N)=O)cc1OCC. The molecule has 0 radical (unpaired) electrons. The van der Waals surface area contributed by atoms with Crippen LogP contribution >= 0.6 is 0 Å². The molecule has 0 heterocycles. The van der Waals surface area contributed by atoms with Crippen molar-refractivity contribution in [1.29, 1.82) is 5.26 Å². The maximum atomic E-state index is 11.6. The summed E-state index contributed by atoms with van der Waals surface area (Å²) in [6, 6.07) is 5.69. The van der Waals surface area contributed by atoms with Crippen LogP contribution in [0.15, 0.2) is 23.8 Å². The van der Waals surface area contributed by atoms with Crippen molar-refractivity contribution in [3.8, 4) is 17.6 Å². The second-order valence-electron chi connectivity index (χ2n) is 4.06. The van der Waals surface area contributed by atoms with Crippen LogP contribution in [-0.4, -0.2) is 25.2 Å². The van der Waals surface area contributed by atoms with Crippen molar-refractivity contribution in [2.24, 2.45) is 5.73 Å². The van der Waals surface area contributed by atoms with Crippen molar-refractivity contribution >= 4 is 18.0 Å². The van der Waals surface area contributed by atoms with Crippen LogP contribution in [0.5, 0.6) is 11.5 Å². The summed E-state index contributed by atoms with van der Waals surface area (Å²) in [6.45, 7) is 4.62. The van der Waals surface area contributed by atoms with E-state index in [0.717, 1.165) is 0 Å². The lowest BCUT2D eigenvalue weighted by Gasteiger charge is -2.11. The largest absolute Gasteiger partial charge is 0.490 e. The summed E-state index contributed by atoms with van der Waals surface area (Å²) >= 11 is 0. The number of primary amides is 1. The predicted molar refractivity (Wildman–Crippen MR) is 80.1 cm³/mol. The first kappa shape index (κ1) is 17.0. The Balaban J connectivity index is 3.12. The number of nitrogens with one attached hydrogen (secondary N) is 1. The molecule has 0 aliphatic heterocycles. The van der Waals surface area contributed by atoms with Gasteiger partial charge < -0.3 is 15.2 Å². The summed E-state index contributed by atoms with van der Waals surface area (Å²) in [4.78, 5) is 22.3. The molecule has 116 valence electrons. The smallest absolute Gasteiger partial charge is 0.319 e. The molecule has 0 atom stereocenters. The van der Waals surface area contributed by atoms with Crippen LogP contribution in [0.25, 0.3) is 6.08 Å². The molecule has 0 aromatic heterocycles. The molecule has 0 fully saturated rings. The molecular formula is C15H17N3O4. The molecule has 3 amide bonds. The first-order chi connectivity index (χ1) is 10.5. The highest BCUT2D eigenvalue weighted by Gasteiger charge is 2.12. The Hall–Kier alpha value is -3.01. The van der Waals surface area contributed by atoms with E-state index in [2.05, 4.69) is 0 Å². The Bertz CT molecular complexity index is 632. The monoisotopic (exact) mass is 303 g/mol. The average molecular weight is 303 g/mol. The number of nitriles is 1. The molecule has 0 bridgehead atoms. The minimum Gasteiger partial charge on any atom is -0.490 e. The Labute approximate surface area is 128 Å². The Kier molecular flexibility index (Phi) is 6.44. The molecular weight excluding hydrogens is 286 g/mol. The van der Waals surface area contributed by atoms with E-state index in [1.165, 1.54) is 6.08 Å². The first-order valence-electron chi connectivity index (χ1n) is 6.64. The van der Waals surface area contributed by atoms with Gasteiger partial charge in [0.15, 0.2) is 11.5 Å². The fourth-order valence-corrected chi connectivity index (χ4v) is 1.65. The zero-order chi connectivity index (χ0) is 16.5. The summed E-state index contributed by atoms with van der Waals surface area (Å²) < 4.78 is 10.9. The minimum absolute atomic E-state index is 0.245. The van der Waals surface area contributed by atoms with E-state index < -0.39 is 11.9 Å². The fourth-order valence-electron chi connectivity index (χ4n) is 1.65. The maximum absolute atomic E-state index is 11.6. The summed E-state index contributed by atoms with van der Waals surface area (Å²) in [7, 11) is 0. The van der Waals surface area contributed by atoms with E-state index in [1.54, 1.807) is 24.3 Å². The summed E-state index contributed by atoms with van der Waals surface area (Å²) in [5.74, 6) is 0.217. The van der Waals surface area contributed by atoms with Gasteiger partial charge in [-0.1, -0.05) is 6.07 Å². The van der Waals surface area contributed by atoms with Gasteiger partial charge in [0.25, 0.3) is 5.91 Å². The van der Waals surface area contributed by atoms with Gasteiger partial charge >= 0.3 is 6.03 Å². The standard InChI is InChI=1S/C15H17N3O4/c1-3-21-12-6-5-10(8-13(12)22-4-2)7-11(9-16)14(19)18-15(17)20/h5-8H,3-4H2,1-2H3,(H3,17,18,19,20)/b11-7-. The van der Waals surface area contributed by atoms with Crippen LogP contribution in [0.4, 0.5) is 4.79 Å². The quantitative estimate of drug-likeness (QED) is 0.611. The predicted octanol–water partition coefficient (Wildman–Crippen LogP) is 1.59. The molecule has 0 saturated heterocycles. The molecule has 0 unspecified atom stereocenters.